The Balaban J connectivity index is 1.98. The number of non-ortho nitro benzene ring substituents is 1. The van der Waals surface area contributed by atoms with Gasteiger partial charge in [-0.25, -0.2) is 4.79 Å². The van der Waals surface area contributed by atoms with Gasteiger partial charge in [-0.05, 0) is 36.2 Å². The van der Waals surface area contributed by atoms with Gasteiger partial charge in [0.15, 0.2) is 0 Å². The molecule has 0 aliphatic carbocycles. The number of nitrogens with zero attached hydrogens (tertiary/aromatic N) is 1. The maximum atomic E-state index is 11.4. The fourth-order valence-electron chi connectivity index (χ4n) is 2.05. The summed E-state index contributed by atoms with van der Waals surface area (Å²) < 4.78 is 5.09. The highest BCUT2D eigenvalue weighted by molar-refractivity contribution is 7.99. The van der Waals surface area contributed by atoms with Crippen molar-refractivity contribution in [1.29, 1.82) is 0 Å². The lowest BCUT2D eigenvalue weighted by Gasteiger charge is -2.07. The fraction of sp³-hybridized carbons (Fsp3) is 0.150. The molecular formula is C20H19NO4S. The van der Waals surface area contributed by atoms with E-state index in [2.05, 4.69) is 6.58 Å². The number of thioether (sulfide) groups is 1. The van der Waals surface area contributed by atoms with Crippen LogP contribution >= 0.6 is 11.8 Å². The van der Waals surface area contributed by atoms with E-state index < -0.39 is 4.92 Å². The molecule has 0 bridgehead atoms. The van der Waals surface area contributed by atoms with Crippen LogP contribution in [-0.4, -0.2) is 23.3 Å². The number of rotatable bonds is 8. The number of benzene rings is 2. The first-order valence-corrected chi connectivity index (χ1v) is 8.93. The molecule has 6 heteroatoms. The molecule has 0 spiro atoms. The van der Waals surface area contributed by atoms with E-state index in [1.807, 2.05) is 36.4 Å². The predicted octanol–water partition coefficient (Wildman–Crippen LogP) is 4.98. The molecule has 0 N–H and O–H groups in total. The third-order valence-electron chi connectivity index (χ3n) is 3.40. The van der Waals surface area contributed by atoms with Crippen LogP contribution in [0.2, 0.25) is 0 Å². The first-order valence-electron chi connectivity index (χ1n) is 7.94. The van der Waals surface area contributed by atoms with Crippen molar-refractivity contribution >= 4 is 35.6 Å². The van der Waals surface area contributed by atoms with Gasteiger partial charge in [0, 0.05) is 28.4 Å². The monoisotopic (exact) mass is 369 g/mol. The molecule has 0 aromatic heterocycles. The Morgan fingerprint density at radius 1 is 1.19 bits per heavy atom. The van der Waals surface area contributed by atoms with Crippen molar-refractivity contribution in [3.8, 4) is 0 Å². The highest BCUT2D eigenvalue weighted by Crippen LogP contribution is 2.24. The minimum absolute atomic E-state index is 0.0717. The van der Waals surface area contributed by atoms with Crippen molar-refractivity contribution in [3.05, 3.63) is 81.9 Å². The van der Waals surface area contributed by atoms with Crippen LogP contribution in [0.5, 0.6) is 0 Å². The van der Waals surface area contributed by atoms with Gasteiger partial charge < -0.3 is 4.74 Å². The van der Waals surface area contributed by atoms with Crippen LogP contribution in [-0.2, 0) is 9.53 Å². The third-order valence-corrected chi connectivity index (χ3v) is 4.45. The Kier molecular flexibility index (Phi) is 7.17. The second kappa shape index (κ2) is 9.58. The van der Waals surface area contributed by atoms with Crippen molar-refractivity contribution in [3.63, 3.8) is 0 Å². The van der Waals surface area contributed by atoms with Gasteiger partial charge >= 0.3 is 5.97 Å². The molecule has 2 aromatic rings. The summed E-state index contributed by atoms with van der Waals surface area (Å²) >= 11 is 1.59. The molecule has 0 saturated heterocycles. The zero-order valence-electron chi connectivity index (χ0n) is 14.4. The van der Waals surface area contributed by atoms with E-state index >= 15 is 0 Å². The van der Waals surface area contributed by atoms with Crippen LogP contribution in [0.4, 0.5) is 5.69 Å². The van der Waals surface area contributed by atoms with Gasteiger partial charge in [-0.2, -0.15) is 0 Å². The number of nitro benzene ring substituents is 1. The van der Waals surface area contributed by atoms with Crippen LogP contribution in [0, 0.1) is 10.1 Å². The fourth-order valence-corrected chi connectivity index (χ4v) is 2.92. The molecule has 0 aliphatic heterocycles. The molecule has 0 unspecified atom stereocenters. The summed E-state index contributed by atoms with van der Waals surface area (Å²) in [5.41, 5.74) is 2.37. The Morgan fingerprint density at radius 2 is 1.88 bits per heavy atom. The molecular weight excluding hydrogens is 350 g/mol. The topological polar surface area (TPSA) is 69.4 Å². The van der Waals surface area contributed by atoms with Crippen LogP contribution < -0.4 is 0 Å². The Hall–Kier alpha value is -2.86. The average molecular weight is 369 g/mol. The first kappa shape index (κ1) is 19.5. The normalized spacial score (nSPS) is 10.7. The van der Waals surface area contributed by atoms with Crippen LogP contribution in [0.1, 0.15) is 18.1 Å². The van der Waals surface area contributed by atoms with Gasteiger partial charge in [-0.3, -0.25) is 10.1 Å². The molecule has 0 amide bonds. The minimum atomic E-state index is -0.417. The molecule has 0 aliphatic rings. The quantitative estimate of drug-likeness (QED) is 0.125. The van der Waals surface area contributed by atoms with Crippen molar-refractivity contribution in [2.45, 2.75) is 11.8 Å². The van der Waals surface area contributed by atoms with Crippen LogP contribution in [0.3, 0.4) is 0 Å². The molecule has 0 atom stereocenters. The molecule has 0 radical (unpaired) electrons. The highest BCUT2D eigenvalue weighted by atomic mass is 32.2. The van der Waals surface area contributed by atoms with Crippen LogP contribution in [0.15, 0.2) is 65.6 Å². The van der Waals surface area contributed by atoms with Gasteiger partial charge in [0.1, 0.15) is 6.61 Å². The number of carbonyl (C=O) groups is 1. The number of hydrogen-bond acceptors (Lipinski definition) is 5. The molecule has 0 saturated carbocycles. The maximum Gasteiger partial charge on any atom is 0.333 e. The van der Waals surface area contributed by atoms with E-state index in [9.17, 15) is 14.9 Å². The van der Waals surface area contributed by atoms with Gasteiger partial charge in [0.25, 0.3) is 5.69 Å². The van der Waals surface area contributed by atoms with Gasteiger partial charge in [0.05, 0.1) is 4.92 Å². The van der Waals surface area contributed by atoms with E-state index in [4.69, 9.17) is 4.74 Å². The highest BCUT2D eigenvalue weighted by Gasteiger charge is 2.05. The van der Waals surface area contributed by atoms with Gasteiger partial charge in [-0.1, -0.05) is 36.9 Å². The second-order valence-electron chi connectivity index (χ2n) is 5.48. The second-order valence-corrected chi connectivity index (χ2v) is 6.62. The minimum Gasteiger partial charge on any atom is -0.461 e. The smallest absolute Gasteiger partial charge is 0.333 e. The van der Waals surface area contributed by atoms with Crippen molar-refractivity contribution in [1.82, 2.24) is 0 Å². The Bertz CT molecular complexity index is 828. The van der Waals surface area contributed by atoms with E-state index in [0.717, 1.165) is 16.0 Å². The van der Waals surface area contributed by atoms with E-state index in [1.54, 1.807) is 30.8 Å². The summed E-state index contributed by atoms with van der Waals surface area (Å²) in [5.74, 6) is 0.262. The van der Waals surface area contributed by atoms with Gasteiger partial charge in [-0.15, -0.1) is 11.8 Å². The van der Waals surface area contributed by atoms with E-state index in [0.29, 0.717) is 17.9 Å². The molecule has 26 heavy (non-hydrogen) atoms. The SMILES string of the molecule is C=C(C)C(=O)OCCSc1ccccc1C=Cc1ccc([N+](=O)[O-])cc1. The summed E-state index contributed by atoms with van der Waals surface area (Å²) in [4.78, 5) is 22.7. The summed E-state index contributed by atoms with van der Waals surface area (Å²) in [6.07, 6.45) is 3.87. The number of carbonyl (C=O) groups excluding carboxylic acids is 1. The largest absolute Gasteiger partial charge is 0.461 e. The van der Waals surface area contributed by atoms with E-state index in [-0.39, 0.29) is 11.7 Å². The summed E-state index contributed by atoms with van der Waals surface area (Å²) in [7, 11) is 0. The van der Waals surface area contributed by atoms with Crippen molar-refractivity contribution in [2.75, 3.05) is 12.4 Å². The lowest BCUT2D eigenvalue weighted by molar-refractivity contribution is -0.384. The van der Waals surface area contributed by atoms with Crippen molar-refractivity contribution in [2.24, 2.45) is 0 Å². The number of nitro groups is 1. The standard InChI is InChI=1S/C20H19NO4S/c1-15(2)20(22)25-13-14-26-19-6-4-3-5-17(19)10-7-16-8-11-18(12-9-16)21(23)24/h3-12H,1,13-14H2,2H3. The molecule has 2 rings (SSSR count). The Morgan fingerprint density at radius 3 is 2.54 bits per heavy atom. The van der Waals surface area contributed by atoms with Crippen LogP contribution in [0.25, 0.3) is 12.2 Å². The molecule has 134 valence electrons. The Labute approximate surface area is 156 Å². The zero-order chi connectivity index (χ0) is 18.9. The first-order chi connectivity index (χ1) is 12.5. The molecule has 5 nitrogen and oxygen atoms in total. The maximum absolute atomic E-state index is 11.4. The predicted molar refractivity (Wildman–Crippen MR) is 105 cm³/mol. The zero-order valence-corrected chi connectivity index (χ0v) is 15.2. The lowest BCUT2D eigenvalue weighted by Crippen LogP contribution is -2.07. The number of ether oxygens (including phenoxy) is 1. The van der Waals surface area contributed by atoms with E-state index in [1.165, 1.54) is 12.1 Å². The van der Waals surface area contributed by atoms with Crippen molar-refractivity contribution < 1.29 is 14.5 Å². The summed E-state index contributed by atoms with van der Waals surface area (Å²) in [6, 6.07) is 14.3. The third kappa shape index (κ3) is 5.89. The number of hydrogen-bond donors (Lipinski definition) is 0. The average Bonchev–Trinajstić information content (AvgIpc) is 2.64. The molecule has 0 fully saturated rings. The summed E-state index contributed by atoms with van der Waals surface area (Å²) in [6.45, 7) is 5.48. The molecule has 2 aromatic carbocycles. The lowest BCUT2D eigenvalue weighted by atomic mass is 10.1. The summed E-state index contributed by atoms with van der Waals surface area (Å²) in [5, 5.41) is 10.7. The number of esters is 1. The molecule has 0 heterocycles. The van der Waals surface area contributed by atoms with Gasteiger partial charge in [0.2, 0.25) is 0 Å².